The van der Waals surface area contributed by atoms with Crippen LogP contribution in [-0.2, 0) is 16.9 Å². The maximum Gasteiger partial charge on any atom is 0.255 e. The fraction of sp³-hybridized carbons (Fsp3) is 0.409. The normalized spacial score (nSPS) is 15.4. The van der Waals surface area contributed by atoms with E-state index in [4.69, 9.17) is 4.74 Å². The lowest BCUT2D eigenvalue weighted by molar-refractivity contribution is 0.155. The molecular formula is C22H27N3O4S. The third kappa shape index (κ3) is 4.70. The van der Waals surface area contributed by atoms with Crippen molar-refractivity contribution in [3.05, 3.63) is 40.3 Å². The molecule has 1 aromatic carbocycles. The first-order chi connectivity index (χ1) is 14.2. The zero-order valence-electron chi connectivity index (χ0n) is 17.6. The van der Waals surface area contributed by atoms with Crippen LogP contribution in [0.25, 0.3) is 11.1 Å². The van der Waals surface area contributed by atoms with Crippen molar-refractivity contribution in [2.24, 2.45) is 17.0 Å². The molecule has 1 aliphatic rings. The molecule has 8 heteroatoms. The topological polar surface area (TPSA) is 90.1 Å². The molecule has 1 aliphatic carbocycles. The van der Waals surface area contributed by atoms with Gasteiger partial charge in [0.25, 0.3) is 5.56 Å². The second-order valence-electron chi connectivity index (χ2n) is 7.67. The van der Waals surface area contributed by atoms with Crippen molar-refractivity contribution in [1.29, 1.82) is 0 Å². The van der Waals surface area contributed by atoms with E-state index in [1.54, 1.807) is 38.4 Å². The molecule has 0 radical (unpaired) electrons. The van der Waals surface area contributed by atoms with Crippen molar-refractivity contribution < 1.29 is 13.2 Å². The van der Waals surface area contributed by atoms with Crippen molar-refractivity contribution >= 4 is 28.6 Å². The molecular weight excluding hydrogens is 402 g/mol. The van der Waals surface area contributed by atoms with Crippen LogP contribution >= 0.6 is 0 Å². The molecule has 0 bridgehead atoms. The summed E-state index contributed by atoms with van der Waals surface area (Å²) in [5.74, 6) is 0.579. The number of rotatable bonds is 6. The lowest BCUT2D eigenvalue weighted by Gasteiger charge is -2.25. The van der Waals surface area contributed by atoms with E-state index in [0.717, 1.165) is 25.7 Å². The van der Waals surface area contributed by atoms with Crippen molar-refractivity contribution in [2.75, 3.05) is 6.26 Å². The Hall–Kier alpha value is -2.74. The van der Waals surface area contributed by atoms with Gasteiger partial charge < -0.3 is 9.30 Å². The molecule has 0 amide bonds. The van der Waals surface area contributed by atoms with Gasteiger partial charge in [-0.15, -0.1) is 0 Å². The smallest absolute Gasteiger partial charge is 0.255 e. The number of nitrogens with zero attached hydrogens (tertiary/aromatic N) is 3. The van der Waals surface area contributed by atoms with Crippen LogP contribution in [0.1, 0.15) is 37.7 Å². The number of aliphatic imine (C=N–C) groups is 2. The number of hydrogen-bond acceptors (Lipinski definition) is 5. The van der Waals surface area contributed by atoms with Gasteiger partial charge in [-0.25, -0.2) is 13.4 Å². The minimum Gasteiger partial charge on any atom is -0.490 e. The summed E-state index contributed by atoms with van der Waals surface area (Å²) in [4.78, 5) is 20.6. The van der Waals surface area contributed by atoms with Gasteiger partial charge >= 0.3 is 0 Å². The average molecular weight is 430 g/mol. The molecule has 160 valence electrons. The Labute approximate surface area is 177 Å². The number of pyridine rings is 1. The molecule has 0 unspecified atom stereocenters. The van der Waals surface area contributed by atoms with E-state index in [0.29, 0.717) is 28.1 Å². The van der Waals surface area contributed by atoms with Crippen molar-refractivity contribution in [3.63, 3.8) is 0 Å². The molecule has 2 aromatic rings. The van der Waals surface area contributed by atoms with Gasteiger partial charge in [-0.1, -0.05) is 6.42 Å². The van der Waals surface area contributed by atoms with Gasteiger partial charge in [0.2, 0.25) is 0 Å². The Morgan fingerprint density at radius 3 is 2.53 bits per heavy atom. The zero-order valence-corrected chi connectivity index (χ0v) is 18.4. The molecule has 1 aromatic heterocycles. The molecule has 1 saturated carbocycles. The highest BCUT2D eigenvalue weighted by molar-refractivity contribution is 7.90. The highest BCUT2D eigenvalue weighted by Crippen LogP contribution is 2.40. The maximum absolute atomic E-state index is 12.5. The van der Waals surface area contributed by atoms with Gasteiger partial charge in [-0.3, -0.25) is 9.79 Å². The highest BCUT2D eigenvalue weighted by Gasteiger charge is 2.22. The van der Waals surface area contributed by atoms with E-state index in [-0.39, 0.29) is 16.6 Å². The van der Waals surface area contributed by atoms with Crippen molar-refractivity contribution in [2.45, 2.75) is 50.0 Å². The summed E-state index contributed by atoms with van der Waals surface area (Å²) >= 11 is 0. The molecule has 0 N–H and O–H groups in total. The van der Waals surface area contributed by atoms with Crippen LogP contribution in [0.5, 0.6) is 5.75 Å². The molecule has 7 nitrogen and oxygen atoms in total. The number of benzene rings is 1. The third-order valence-corrected chi connectivity index (χ3v) is 6.47. The van der Waals surface area contributed by atoms with Crippen LogP contribution in [0.4, 0.5) is 5.69 Å². The first kappa shape index (κ1) is 22.0. The Morgan fingerprint density at radius 2 is 1.90 bits per heavy atom. The molecule has 3 rings (SSSR count). The lowest BCUT2D eigenvalue weighted by Crippen LogP contribution is -2.21. The van der Waals surface area contributed by atoms with E-state index in [1.807, 2.05) is 0 Å². The summed E-state index contributed by atoms with van der Waals surface area (Å²) in [6, 6.07) is 4.84. The van der Waals surface area contributed by atoms with Gasteiger partial charge in [-0.05, 0) is 57.5 Å². The second kappa shape index (κ2) is 8.95. The summed E-state index contributed by atoms with van der Waals surface area (Å²) in [6.45, 7) is 5.09. The standard InChI is InChI=1S/C22H27N3O4S/c1-15-21(24-14-23-2)19(13-25(3)22(15)26)18-12-17(30(4,27)28)10-11-20(18)29-16-8-6-5-7-9-16/h10-14,16H,2,5-9H2,1,3-4H3/b24-14-. The Balaban J connectivity index is 2.25. The van der Waals surface area contributed by atoms with E-state index in [9.17, 15) is 13.2 Å². The Kier molecular flexibility index (Phi) is 6.55. The molecule has 1 heterocycles. The minimum atomic E-state index is -3.43. The van der Waals surface area contributed by atoms with Crippen LogP contribution < -0.4 is 10.3 Å². The van der Waals surface area contributed by atoms with Gasteiger partial charge in [0.15, 0.2) is 9.84 Å². The molecule has 0 saturated heterocycles. The first-order valence-electron chi connectivity index (χ1n) is 9.92. The lowest BCUT2D eigenvalue weighted by atomic mass is 9.97. The third-order valence-electron chi connectivity index (χ3n) is 5.36. The van der Waals surface area contributed by atoms with Gasteiger partial charge in [0, 0.05) is 36.2 Å². The molecule has 30 heavy (non-hydrogen) atoms. The van der Waals surface area contributed by atoms with Gasteiger partial charge in [0.1, 0.15) is 12.1 Å². The fourth-order valence-corrected chi connectivity index (χ4v) is 4.41. The van der Waals surface area contributed by atoms with Gasteiger partial charge in [0.05, 0.1) is 16.7 Å². The summed E-state index contributed by atoms with van der Waals surface area (Å²) < 4.78 is 32.2. The van der Waals surface area contributed by atoms with Crippen LogP contribution in [0, 0.1) is 6.92 Å². The zero-order chi connectivity index (χ0) is 21.9. The molecule has 0 spiro atoms. The predicted octanol–water partition coefficient (Wildman–Crippen LogP) is 3.84. The highest BCUT2D eigenvalue weighted by atomic mass is 32.2. The van der Waals surface area contributed by atoms with Crippen molar-refractivity contribution in [1.82, 2.24) is 4.57 Å². The van der Waals surface area contributed by atoms with E-state index >= 15 is 0 Å². The number of hydrogen-bond donors (Lipinski definition) is 0. The minimum absolute atomic E-state index is 0.0806. The summed E-state index contributed by atoms with van der Waals surface area (Å²) in [5.41, 5.74) is 1.85. The van der Waals surface area contributed by atoms with E-state index < -0.39 is 9.84 Å². The van der Waals surface area contributed by atoms with Crippen LogP contribution in [0.15, 0.2) is 44.1 Å². The fourth-order valence-electron chi connectivity index (χ4n) is 3.76. The number of aryl methyl sites for hydroxylation is 1. The SMILES string of the molecule is C=N/C=N\c1c(-c2cc(S(C)(=O)=O)ccc2OC2CCCCC2)cn(C)c(=O)c1C. The maximum atomic E-state index is 12.5. The number of aromatic nitrogens is 1. The average Bonchev–Trinajstić information content (AvgIpc) is 2.71. The number of sulfone groups is 1. The monoisotopic (exact) mass is 429 g/mol. The van der Waals surface area contributed by atoms with Crippen molar-refractivity contribution in [3.8, 4) is 16.9 Å². The Morgan fingerprint density at radius 1 is 1.20 bits per heavy atom. The quantitative estimate of drug-likeness (QED) is 0.515. The predicted molar refractivity (Wildman–Crippen MR) is 120 cm³/mol. The van der Waals surface area contributed by atoms with E-state index in [1.165, 1.54) is 23.6 Å². The second-order valence-corrected chi connectivity index (χ2v) is 9.68. The van der Waals surface area contributed by atoms with Crippen LogP contribution in [0.3, 0.4) is 0 Å². The van der Waals surface area contributed by atoms with Gasteiger partial charge in [-0.2, -0.15) is 0 Å². The summed E-state index contributed by atoms with van der Waals surface area (Å²) in [7, 11) is -1.78. The molecule has 1 fully saturated rings. The molecule has 0 atom stereocenters. The Bertz CT molecular complexity index is 1140. The molecule has 0 aliphatic heterocycles. The summed E-state index contributed by atoms with van der Waals surface area (Å²) in [6.07, 6.45) is 9.52. The van der Waals surface area contributed by atoms with Crippen LogP contribution in [0.2, 0.25) is 0 Å². The van der Waals surface area contributed by atoms with Crippen LogP contribution in [-0.4, -0.2) is 38.4 Å². The van der Waals surface area contributed by atoms with E-state index in [2.05, 4.69) is 16.7 Å². The number of ether oxygens (including phenoxy) is 1. The first-order valence-corrected chi connectivity index (χ1v) is 11.8. The summed E-state index contributed by atoms with van der Waals surface area (Å²) in [5, 5.41) is 0. The largest absolute Gasteiger partial charge is 0.490 e.